The highest BCUT2D eigenvalue weighted by Gasteiger charge is 2.40. The molecule has 0 amide bonds. The normalized spacial score (nSPS) is 26.5. The van der Waals surface area contributed by atoms with Crippen LogP contribution in [0.4, 0.5) is 0 Å². The van der Waals surface area contributed by atoms with E-state index in [2.05, 4.69) is 52.3 Å². The number of ether oxygens (including phenoxy) is 1. The van der Waals surface area contributed by atoms with Gasteiger partial charge in [-0.05, 0) is 43.3 Å². The van der Waals surface area contributed by atoms with Crippen LogP contribution in [0.25, 0.3) is 6.08 Å². The van der Waals surface area contributed by atoms with Crippen LogP contribution in [0, 0.1) is 5.41 Å². The molecule has 1 spiro atoms. The molecule has 1 unspecified atom stereocenters. The molecular weight excluding hydrogens is 284 g/mol. The van der Waals surface area contributed by atoms with Crippen LogP contribution in [0.3, 0.4) is 0 Å². The lowest BCUT2D eigenvalue weighted by Crippen LogP contribution is -2.45. The SMILES string of the molecule is COCCN1CCCC2(CCN(CC=Cc3ccccc3)C2)C1. The van der Waals surface area contributed by atoms with Gasteiger partial charge >= 0.3 is 0 Å². The van der Waals surface area contributed by atoms with Gasteiger partial charge < -0.3 is 9.64 Å². The summed E-state index contributed by atoms with van der Waals surface area (Å²) in [4.78, 5) is 5.23. The van der Waals surface area contributed by atoms with Gasteiger partial charge in [0.15, 0.2) is 0 Å². The van der Waals surface area contributed by atoms with E-state index in [4.69, 9.17) is 4.74 Å². The van der Waals surface area contributed by atoms with Crippen molar-refractivity contribution >= 4 is 6.08 Å². The minimum atomic E-state index is 0.534. The Kier molecular flexibility index (Phi) is 5.87. The van der Waals surface area contributed by atoms with Crippen molar-refractivity contribution < 1.29 is 4.74 Å². The molecule has 3 rings (SSSR count). The quantitative estimate of drug-likeness (QED) is 0.802. The molecule has 3 heteroatoms. The topological polar surface area (TPSA) is 15.7 Å². The van der Waals surface area contributed by atoms with Gasteiger partial charge in [0.25, 0.3) is 0 Å². The number of nitrogens with zero attached hydrogens (tertiary/aromatic N) is 2. The summed E-state index contributed by atoms with van der Waals surface area (Å²) in [7, 11) is 1.80. The molecule has 2 saturated heterocycles. The second kappa shape index (κ2) is 8.09. The molecule has 2 fully saturated rings. The Morgan fingerprint density at radius 3 is 2.74 bits per heavy atom. The van der Waals surface area contributed by atoms with Crippen LogP contribution in [0.5, 0.6) is 0 Å². The van der Waals surface area contributed by atoms with Gasteiger partial charge in [0.1, 0.15) is 0 Å². The fraction of sp³-hybridized carbons (Fsp3) is 0.600. The van der Waals surface area contributed by atoms with Gasteiger partial charge in [-0.3, -0.25) is 4.90 Å². The van der Waals surface area contributed by atoms with Gasteiger partial charge in [0, 0.05) is 33.3 Å². The number of likely N-dealkylation sites (tertiary alicyclic amines) is 2. The zero-order valence-corrected chi connectivity index (χ0v) is 14.4. The largest absolute Gasteiger partial charge is 0.383 e. The maximum absolute atomic E-state index is 5.25. The second-order valence-corrected chi connectivity index (χ2v) is 7.17. The van der Waals surface area contributed by atoms with E-state index < -0.39 is 0 Å². The maximum atomic E-state index is 5.25. The predicted molar refractivity (Wildman–Crippen MR) is 96.5 cm³/mol. The van der Waals surface area contributed by atoms with E-state index in [9.17, 15) is 0 Å². The fourth-order valence-electron chi connectivity index (χ4n) is 4.14. The van der Waals surface area contributed by atoms with Gasteiger partial charge in [-0.1, -0.05) is 42.5 Å². The van der Waals surface area contributed by atoms with E-state index in [-0.39, 0.29) is 0 Å². The number of piperidine rings is 1. The summed E-state index contributed by atoms with van der Waals surface area (Å²) >= 11 is 0. The van der Waals surface area contributed by atoms with Crippen molar-refractivity contribution in [3.63, 3.8) is 0 Å². The van der Waals surface area contributed by atoms with Crippen LogP contribution in [-0.2, 0) is 4.74 Å². The molecule has 3 nitrogen and oxygen atoms in total. The Bertz CT molecular complexity index is 502. The molecule has 0 saturated carbocycles. The van der Waals surface area contributed by atoms with Gasteiger partial charge in [0.2, 0.25) is 0 Å². The summed E-state index contributed by atoms with van der Waals surface area (Å²) in [6.07, 6.45) is 8.67. The van der Waals surface area contributed by atoms with E-state index in [0.717, 1.165) is 19.7 Å². The highest BCUT2D eigenvalue weighted by atomic mass is 16.5. The molecule has 2 aliphatic heterocycles. The van der Waals surface area contributed by atoms with Crippen LogP contribution in [0.1, 0.15) is 24.8 Å². The molecule has 2 aliphatic rings. The molecule has 1 aromatic carbocycles. The van der Waals surface area contributed by atoms with Crippen LogP contribution in [0.15, 0.2) is 36.4 Å². The highest BCUT2D eigenvalue weighted by molar-refractivity contribution is 5.48. The Morgan fingerprint density at radius 2 is 1.91 bits per heavy atom. The lowest BCUT2D eigenvalue weighted by Gasteiger charge is -2.40. The average Bonchev–Trinajstić information content (AvgIpc) is 2.96. The molecule has 1 atom stereocenters. The van der Waals surface area contributed by atoms with Crippen molar-refractivity contribution in [2.24, 2.45) is 5.41 Å². The molecule has 0 bridgehead atoms. The molecule has 1 aromatic rings. The lowest BCUT2D eigenvalue weighted by molar-refractivity contribution is 0.0686. The zero-order valence-electron chi connectivity index (χ0n) is 14.4. The number of hydrogen-bond donors (Lipinski definition) is 0. The standard InChI is InChI=1S/C20H30N2O/c1-23-16-15-22-13-6-10-20(18-22)11-14-21(17-20)12-5-9-19-7-3-2-4-8-19/h2-5,7-9H,6,10-18H2,1H3. The Labute approximate surface area is 140 Å². The van der Waals surface area contributed by atoms with Crippen molar-refractivity contribution in [2.75, 3.05) is 53.0 Å². The first-order valence-electron chi connectivity index (χ1n) is 8.95. The summed E-state index contributed by atoms with van der Waals surface area (Å²) < 4.78 is 5.25. The number of rotatable bonds is 6. The molecule has 2 heterocycles. The summed E-state index contributed by atoms with van der Waals surface area (Å²) in [5.41, 5.74) is 1.83. The van der Waals surface area contributed by atoms with Crippen molar-refractivity contribution in [1.29, 1.82) is 0 Å². The number of methoxy groups -OCH3 is 1. The van der Waals surface area contributed by atoms with Crippen molar-refractivity contribution in [2.45, 2.75) is 19.3 Å². The van der Waals surface area contributed by atoms with E-state index in [1.165, 1.54) is 51.0 Å². The van der Waals surface area contributed by atoms with Crippen molar-refractivity contribution in [3.8, 4) is 0 Å². The third kappa shape index (κ3) is 4.66. The fourth-order valence-corrected chi connectivity index (χ4v) is 4.14. The summed E-state index contributed by atoms with van der Waals surface area (Å²) in [5.74, 6) is 0. The lowest BCUT2D eigenvalue weighted by atomic mass is 9.79. The molecule has 0 radical (unpaired) electrons. The van der Waals surface area contributed by atoms with Gasteiger partial charge in [-0.2, -0.15) is 0 Å². The van der Waals surface area contributed by atoms with Crippen molar-refractivity contribution in [1.82, 2.24) is 9.80 Å². The van der Waals surface area contributed by atoms with E-state index in [1.807, 2.05) is 0 Å². The smallest absolute Gasteiger partial charge is 0.0589 e. The van der Waals surface area contributed by atoms with Crippen LogP contribution in [0.2, 0.25) is 0 Å². The van der Waals surface area contributed by atoms with Crippen molar-refractivity contribution in [3.05, 3.63) is 42.0 Å². The molecule has 0 aromatic heterocycles. The third-order valence-electron chi connectivity index (χ3n) is 5.34. The molecule has 0 aliphatic carbocycles. The summed E-state index contributed by atoms with van der Waals surface area (Å²) in [6.45, 7) is 8.04. The van der Waals surface area contributed by atoms with Gasteiger partial charge in [-0.15, -0.1) is 0 Å². The van der Waals surface area contributed by atoms with E-state index in [0.29, 0.717) is 5.41 Å². The van der Waals surface area contributed by atoms with E-state index >= 15 is 0 Å². The molecule has 126 valence electrons. The first kappa shape index (κ1) is 16.7. The van der Waals surface area contributed by atoms with Crippen LogP contribution >= 0.6 is 0 Å². The van der Waals surface area contributed by atoms with Crippen LogP contribution in [-0.4, -0.2) is 62.8 Å². The van der Waals surface area contributed by atoms with E-state index in [1.54, 1.807) is 7.11 Å². The second-order valence-electron chi connectivity index (χ2n) is 7.17. The Hall–Kier alpha value is -1.16. The summed E-state index contributed by atoms with van der Waals surface area (Å²) in [6, 6.07) is 10.6. The number of hydrogen-bond acceptors (Lipinski definition) is 3. The third-order valence-corrected chi connectivity index (χ3v) is 5.34. The minimum Gasteiger partial charge on any atom is -0.383 e. The maximum Gasteiger partial charge on any atom is 0.0589 e. The first-order valence-corrected chi connectivity index (χ1v) is 8.95. The number of benzene rings is 1. The predicted octanol–water partition coefficient (Wildman–Crippen LogP) is 3.13. The average molecular weight is 314 g/mol. The minimum absolute atomic E-state index is 0.534. The van der Waals surface area contributed by atoms with Gasteiger partial charge in [-0.25, -0.2) is 0 Å². The monoisotopic (exact) mass is 314 g/mol. The summed E-state index contributed by atoms with van der Waals surface area (Å²) in [5, 5.41) is 0. The van der Waals surface area contributed by atoms with Crippen LogP contribution < -0.4 is 0 Å². The molecule has 0 N–H and O–H groups in total. The molecular formula is C20H30N2O. The first-order chi connectivity index (χ1) is 11.3. The van der Waals surface area contributed by atoms with Gasteiger partial charge in [0.05, 0.1) is 6.61 Å². The molecule has 23 heavy (non-hydrogen) atoms. The Morgan fingerprint density at radius 1 is 1.09 bits per heavy atom. The zero-order chi connectivity index (χ0) is 16.0. The highest BCUT2D eigenvalue weighted by Crippen LogP contribution is 2.38. The Balaban J connectivity index is 1.48.